The molecule has 0 aliphatic heterocycles. The molecule has 8 heteroatoms. The van der Waals surface area contributed by atoms with Crippen LogP contribution in [0.15, 0.2) is 42.5 Å². The van der Waals surface area contributed by atoms with Crippen LogP contribution in [0, 0.1) is 5.82 Å². The summed E-state index contributed by atoms with van der Waals surface area (Å²) in [5.41, 5.74) is 1.32. The number of carbonyl (C=O) groups excluding carboxylic acids is 2. The Morgan fingerprint density at radius 3 is 2.31 bits per heavy atom. The first-order chi connectivity index (χ1) is 12.3. The lowest BCUT2D eigenvalue weighted by molar-refractivity contribution is -0.123. The third-order valence-electron chi connectivity index (χ3n) is 3.43. The first kappa shape index (κ1) is 20.2. The summed E-state index contributed by atoms with van der Waals surface area (Å²) in [5.74, 6) is -0.843. The first-order valence-electron chi connectivity index (χ1n) is 7.78. The molecule has 0 aliphatic rings. The maximum atomic E-state index is 12.8. The van der Waals surface area contributed by atoms with E-state index in [1.54, 1.807) is 42.3 Å². The fourth-order valence-electron chi connectivity index (χ4n) is 2.18. The third kappa shape index (κ3) is 6.63. The lowest BCUT2D eigenvalue weighted by atomic mass is 10.2. The lowest BCUT2D eigenvalue weighted by Crippen LogP contribution is -2.38. The van der Waals surface area contributed by atoms with Crippen LogP contribution in [0.25, 0.3) is 0 Å². The molecule has 138 valence electrons. The molecule has 2 amide bonds. The Morgan fingerprint density at radius 1 is 1.00 bits per heavy atom. The van der Waals surface area contributed by atoms with E-state index >= 15 is 0 Å². The normalized spacial score (nSPS) is 10.7. The van der Waals surface area contributed by atoms with E-state index < -0.39 is 0 Å². The number of nitrogens with zero attached hydrogens (tertiary/aromatic N) is 1. The van der Waals surface area contributed by atoms with E-state index in [1.165, 1.54) is 12.1 Å². The van der Waals surface area contributed by atoms with Crippen molar-refractivity contribution in [2.75, 3.05) is 25.5 Å². The minimum absolute atomic E-state index is 0.0320. The second-order valence-corrected chi connectivity index (χ2v) is 6.57. The van der Waals surface area contributed by atoms with Gasteiger partial charge in [0.15, 0.2) is 0 Å². The summed E-state index contributed by atoms with van der Waals surface area (Å²) in [5, 5.41) is 6.15. The van der Waals surface area contributed by atoms with Crippen molar-refractivity contribution in [3.05, 3.63) is 63.9 Å². The Morgan fingerprint density at radius 2 is 1.65 bits per heavy atom. The van der Waals surface area contributed by atoms with Crippen LogP contribution in [0.3, 0.4) is 0 Å². The van der Waals surface area contributed by atoms with Gasteiger partial charge < -0.3 is 10.6 Å². The van der Waals surface area contributed by atoms with Crippen molar-refractivity contribution in [2.24, 2.45) is 0 Å². The van der Waals surface area contributed by atoms with E-state index in [-0.39, 0.29) is 30.7 Å². The molecule has 26 heavy (non-hydrogen) atoms. The van der Waals surface area contributed by atoms with Crippen LogP contribution in [0.4, 0.5) is 10.1 Å². The predicted molar refractivity (Wildman–Crippen MR) is 101 cm³/mol. The summed E-state index contributed by atoms with van der Waals surface area (Å²) in [6, 6.07) is 10.7. The Labute approximate surface area is 161 Å². The lowest BCUT2D eigenvalue weighted by Gasteiger charge is -2.16. The summed E-state index contributed by atoms with van der Waals surface area (Å²) in [6.07, 6.45) is 0. The number of rotatable bonds is 7. The van der Waals surface area contributed by atoms with Crippen molar-refractivity contribution in [1.29, 1.82) is 0 Å². The molecule has 2 N–H and O–H groups in total. The minimum atomic E-state index is -0.326. The quantitative estimate of drug-likeness (QED) is 0.753. The number of anilines is 1. The van der Waals surface area contributed by atoms with E-state index in [1.807, 2.05) is 0 Å². The van der Waals surface area contributed by atoms with Crippen LogP contribution >= 0.6 is 23.2 Å². The van der Waals surface area contributed by atoms with E-state index in [0.717, 1.165) is 5.56 Å². The fourth-order valence-corrected chi connectivity index (χ4v) is 2.48. The molecule has 0 spiro atoms. The number of hydrogen-bond donors (Lipinski definition) is 2. The summed E-state index contributed by atoms with van der Waals surface area (Å²) in [7, 11) is 1.66. The molecule has 2 rings (SSSR count). The van der Waals surface area contributed by atoms with Gasteiger partial charge in [0.05, 0.1) is 23.1 Å². The van der Waals surface area contributed by atoms with Crippen molar-refractivity contribution >= 4 is 40.7 Å². The molecule has 5 nitrogen and oxygen atoms in total. The zero-order chi connectivity index (χ0) is 19.1. The average molecular weight is 398 g/mol. The minimum Gasteiger partial charge on any atom is -0.351 e. The van der Waals surface area contributed by atoms with Crippen LogP contribution in [0.5, 0.6) is 0 Å². The van der Waals surface area contributed by atoms with Gasteiger partial charge in [-0.3, -0.25) is 14.5 Å². The Hall–Kier alpha value is -2.15. The van der Waals surface area contributed by atoms with Crippen LogP contribution in [-0.2, 0) is 16.1 Å². The van der Waals surface area contributed by atoms with Gasteiger partial charge in [-0.05, 0) is 42.9 Å². The number of carbonyl (C=O) groups is 2. The molecule has 0 unspecified atom stereocenters. The van der Waals surface area contributed by atoms with Crippen LogP contribution in [0.2, 0.25) is 10.0 Å². The number of amides is 2. The standard InChI is InChI=1S/C18H18Cl2FN3O2/c1-24(10-17(25)22-9-12-2-4-13(21)5-3-12)11-18(26)23-14-6-7-15(19)16(20)8-14/h2-8H,9-11H2,1H3,(H,22,25)(H,23,26). The van der Waals surface area contributed by atoms with Crippen molar-refractivity contribution < 1.29 is 14.0 Å². The third-order valence-corrected chi connectivity index (χ3v) is 4.17. The fraction of sp³-hybridized carbons (Fsp3) is 0.222. The molecule has 0 radical (unpaired) electrons. The van der Waals surface area contributed by atoms with Gasteiger partial charge in [-0.15, -0.1) is 0 Å². The van der Waals surface area contributed by atoms with E-state index in [2.05, 4.69) is 10.6 Å². The zero-order valence-corrected chi connectivity index (χ0v) is 15.6. The second kappa shape index (κ2) is 9.52. The van der Waals surface area contributed by atoms with Gasteiger partial charge in [0.25, 0.3) is 0 Å². The maximum absolute atomic E-state index is 12.8. The molecular weight excluding hydrogens is 380 g/mol. The van der Waals surface area contributed by atoms with Gasteiger partial charge in [-0.25, -0.2) is 4.39 Å². The van der Waals surface area contributed by atoms with Gasteiger partial charge in [0.2, 0.25) is 11.8 Å². The van der Waals surface area contributed by atoms with E-state index in [0.29, 0.717) is 22.3 Å². The highest BCUT2D eigenvalue weighted by atomic mass is 35.5. The molecular formula is C18H18Cl2FN3O2. The molecule has 0 saturated heterocycles. The molecule has 0 aliphatic carbocycles. The molecule has 0 heterocycles. The number of benzene rings is 2. The molecule has 2 aromatic carbocycles. The number of hydrogen-bond acceptors (Lipinski definition) is 3. The molecule has 0 saturated carbocycles. The molecule has 0 bridgehead atoms. The Balaban J connectivity index is 1.75. The Kier molecular flexibility index (Phi) is 7.38. The van der Waals surface area contributed by atoms with Gasteiger partial charge >= 0.3 is 0 Å². The second-order valence-electron chi connectivity index (χ2n) is 5.75. The first-order valence-corrected chi connectivity index (χ1v) is 8.53. The van der Waals surface area contributed by atoms with E-state index in [9.17, 15) is 14.0 Å². The number of nitrogens with one attached hydrogen (secondary N) is 2. The highest BCUT2D eigenvalue weighted by Crippen LogP contribution is 2.24. The topological polar surface area (TPSA) is 61.4 Å². The van der Waals surface area contributed by atoms with Crippen LogP contribution in [-0.4, -0.2) is 36.9 Å². The van der Waals surface area contributed by atoms with Crippen molar-refractivity contribution in [3.8, 4) is 0 Å². The Bertz CT molecular complexity index is 785. The van der Waals surface area contributed by atoms with E-state index in [4.69, 9.17) is 23.2 Å². The number of likely N-dealkylation sites (N-methyl/N-ethyl adjacent to an activating group) is 1. The molecule has 0 atom stereocenters. The van der Waals surface area contributed by atoms with Crippen molar-refractivity contribution in [1.82, 2.24) is 10.2 Å². The van der Waals surface area contributed by atoms with Crippen LogP contribution in [0.1, 0.15) is 5.56 Å². The van der Waals surface area contributed by atoms with Crippen molar-refractivity contribution in [2.45, 2.75) is 6.54 Å². The largest absolute Gasteiger partial charge is 0.351 e. The summed E-state index contributed by atoms with van der Waals surface area (Å²) in [4.78, 5) is 25.5. The highest BCUT2D eigenvalue weighted by Gasteiger charge is 2.11. The SMILES string of the molecule is CN(CC(=O)NCc1ccc(F)cc1)CC(=O)Nc1ccc(Cl)c(Cl)c1. The number of halogens is 3. The van der Waals surface area contributed by atoms with Gasteiger partial charge in [-0.1, -0.05) is 35.3 Å². The molecule has 0 fully saturated rings. The zero-order valence-electron chi connectivity index (χ0n) is 14.1. The van der Waals surface area contributed by atoms with Gasteiger partial charge in [0.1, 0.15) is 5.82 Å². The van der Waals surface area contributed by atoms with Crippen molar-refractivity contribution in [3.63, 3.8) is 0 Å². The summed E-state index contributed by atoms with van der Waals surface area (Å²) < 4.78 is 12.8. The average Bonchev–Trinajstić information content (AvgIpc) is 2.57. The molecule has 0 aromatic heterocycles. The van der Waals surface area contributed by atoms with Gasteiger partial charge in [-0.2, -0.15) is 0 Å². The van der Waals surface area contributed by atoms with Crippen LogP contribution < -0.4 is 10.6 Å². The molecule has 2 aromatic rings. The van der Waals surface area contributed by atoms with Gasteiger partial charge in [0, 0.05) is 12.2 Å². The monoisotopic (exact) mass is 397 g/mol. The summed E-state index contributed by atoms with van der Waals surface area (Å²) in [6.45, 7) is 0.378. The smallest absolute Gasteiger partial charge is 0.238 e. The summed E-state index contributed by atoms with van der Waals surface area (Å²) >= 11 is 11.7. The highest BCUT2D eigenvalue weighted by molar-refractivity contribution is 6.42. The maximum Gasteiger partial charge on any atom is 0.238 e. The predicted octanol–water partition coefficient (Wildman–Crippen LogP) is 3.32.